The molecule has 0 unspecified atom stereocenters. The van der Waals surface area contributed by atoms with Crippen molar-refractivity contribution < 1.29 is 9.15 Å². The number of hydrogen-bond acceptors (Lipinski definition) is 6. The van der Waals surface area contributed by atoms with Crippen LogP contribution in [-0.4, -0.2) is 41.3 Å². The number of anilines is 1. The van der Waals surface area contributed by atoms with E-state index in [0.717, 1.165) is 73.6 Å². The molecule has 26 heavy (non-hydrogen) atoms. The number of furan rings is 1. The second-order valence-electron chi connectivity index (χ2n) is 7.72. The quantitative estimate of drug-likeness (QED) is 0.721. The first-order valence-electron chi connectivity index (χ1n) is 9.63. The molecule has 1 aliphatic heterocycles. The molecule has 136 valence electrons. The molecule has 1 saturated heterocycles. The smallest absolute Gasteiger partial charge is 0.229 e. The molecule has 0 spiro atoms. The van der Waals surface area contributed by atoms with Crippen molar-refractivity contribution in [3.8, 4) is 0 Å². The maximum absolute atomic E-state index is 6.27. The third kappa shape index (κ3) is 2.47. The number of ether oxygens (including phenoxy) is 1. The SMILES string of the molecule is CC(C)Cc1nc2oc3c(N4CCOCC4)ncnc3c2c2c1CCC2. The van der Waals surface area contributed by atoms with Gasteiger partial charge in [-0.2, -0.15) is 0 Å². The van der Waals surface area contributed by atoms with Crippen molar-refractivity contribution in [2.75, 3.05) is 31.2 Å². The summed E-state index contributed by atoms with van der Waals surface area (Å²) < 4.78 is 11.7. The van der Waals surface area contributed by atoms with Crippen LogP contribution in [0.15, 0.2) is 10.7 Å². The molecule has 6 heteroatoms. The van der Waals surface area contributed by atoms with Gasteiger partial charge in [0.25, 0.3) is 0 Å². The van der Waals surface area contributed by atoms with Gasteiger partial charge in [-0.1, -0.05) is 13.8 Å². The van der Waals surface area contributed by atoms with Crippen molar-refractivity contribution in [2.24, 2.45) is 5.92 Å². The number of aryl methyl sites for hydroxylation is 1. The Kier molecular flexibility index (Phi) is 3.81. The van der Waals surface area contributed by atoms with Gasteiger partial charge in [-0.05, 0) is 42.7 Å². The summed E-state index contributed by atoms with van der Waals surface area (Å²) in [5.74, 6) is 1.45. The predicted molar refractivity (Wildman–Crippen MR) is 101 cm³/mol. The lowest BCUT2D eigenvalue weighted by molar-refractivity contribution is 0.122. The Morgan fingerprint density at radius 1 is 1.12 bits per heavy atom. The van der Waals surface area contributed by atoms with Gasteiger partial charge in [-0.3, -0.25) is 0 Å². The van der Waals surface area contributed by atoms with E-state index >= 15 is 0 Å². The molecule has 4 heterocycles. The number of aromatic nitrogens is 3. The summed E-state index contributed by atoms with van der Waals surface area (Å²) >= 11 is 0. The Morgan fingerprint density at radius 3 is 2.73 bits per heavy atom. The first kappa shape index (κ1) is 16.0. The van der Waals surface area contributed by atoms with Crippen LogP contribution in [0.1, 0.15) is 37.1 Å². The van der Waals surface area contributed by atoms with E-state index in [1.54, 1.807) is 6.33 Å². The molecule has 1 fully saturated rings. The zero-order valence-electron chi connectivity index (χ0n) is 15.4. The van der Waals surface area contributed by atoms with Crippen molar-refractivity contribution in [1.82, 2.24) is 15.0 Å². The van der Waals surface area contributed by atoms with Gasteiger partial charge in [0.2, 0.25) is 5.71 Å². The second kappa shape index (κ2) is 6.20. The minimum atomic E-state index is 0.581. The fourth-order valence-electron chi connectivity index (χ4n) is 4.32. The Bertz CT molecular complexity index is 973. The van der Waals surface area contributed by atoms with Crippen LogP contribution in [-0.2, 0) is 24.0 Å². The predicted octanol–water partition coefficient (Wildman–Crippen LogP) is 3.29. The minimum Gasteiger partial charge on any atom is -0.432 e. The van der Waals surface area contributed by atoms with Gasteiger partial charge in [-0.15, -0.1) is 0 Å². The highest BCUT2D eigenvalue weighted by molar-refractivity contribution is 6.06. The van der Waals surface area contributed by atoms with Crippen molar-refractivity contribution >= 4 is 28.0 Å². The fraction of sp³-hybridized carbons (Fsp3) is 0.550. The first-order valence-corrected chi connectivity index (χ1v) is 9.63. The van der Waals surface area contributed by atoms with E-state index in [1.807, 2.05) is 0 Å². The standard InChI is InChI=1S/C20H24N4O2/c1-12(2)10-15-13-4-3-5-14(13)16-17-18(26-20(16)23-15)19(22-11-21-17)24-6-8-25-9-7-24/h11-12H,3-10H2,1-2H3. The maximum Gasteiger partial charge on any atom is 0.229 e. The van der Waals surface area contributed by atoms with Crippen LogP contribution < -0.4 is 4.90 Å². The van der Waals surface area contributed by atoms with Crippen LogP contribution in [0.3, 0.4) is 0 Å². The summed E-state index contributed by atoms with van der Waals surface area (Å²) in [5, 5.41) is 1.11. The maximum atomic E-state index is 6.27. The molecule has 0 saturated carbocycles. The third-order valence-corrected chi connectivity index (χ3v) is 5.45. The molecule has 1 aliphatic carbocycles. The molecule has 3 aromatic heterocycles. The average Bonchev–Trinajstić information content (AvgIpc) is 3.25. The molecule has 0 bridgehead atoms. The Hall–Kier alpha value is -2.21. The number of pyridine rings is 1. The summed E-state index contributed by atoms with van der Waals surface area (Å²) in [7, 11) is 0. The monoisotopic (exact) mass is 352 g/mol. The van der Waals surface area contributed by atoms with Gasteiger partial charge in [0.15, 0.2) is 11.4 Å². The summed E-state index contributed by atoms with van der Waals surface area (Å²) in [6.45, 7) is 7.58. The number of fused-ring (bicyclic) bond motifs is 5. The van der Waals surface area contributed by atoms with E-state index in [1.165, 1.54) is 23.2 Å². The van der Waals surface area contributed by atoms with Gasteiger partial charge < -0.3 is 14.1 Å². The van der Waals surface area contributed by atoms with Gasteiger partial charge in [0, 0.05) is 18.8 Å². The number of morpholine rings is 1. The van der Waals surface area contributed by atoms with Crippen LogP contribution in [0.4, 0.5) is 5.82 Å². The lowest BCUT2D eigenvalue weighted by Crippen LogP contribution is -2.36. The van der Waals surface area contributed by atoms with E-state index in [4.69, 9.17) is 14.1 Å². The van der Waals surface area contributed by atoms with E-state index in [9.17, 15) is 0 Å². The largest absolute Gasteiger partial charge is 0.432 e. The highest BCUT2D eigenvalue weighted by Gasteiger charge is 2.27. The van der Waals surface area contributed by atoms with Crippen molar-refractivity contribution in [3.05, 3.63) is 23.1 Å². The van der Waals surface area contributed by atoms with Crippen LogP contribution >= 0.6 is 0 Å². The molecule has 0 N–H and O–H groups in total. The van der Waals surface area contributed by atoms with Gasteiger partial charge in [-0.25, -0.2) is 15.0 Å². The van der Waals surface area contributed by atoms with Gasteiger partial charge >= 0.3 is 0 Å². The van der Waals surface area contributed by atoms with Gasteiger partial charge in [0.05, 0.1) is 18.6 Å². The summed E-state index contributed by atoms with van der Waals surface area (Å²) in [4.78, 5) is 16.3. The van der Waals surface area contributed by atoms with Crippen molar-refractivity contribution in [1.29, 1.82) is 0 Å². The van der Waals surface area contributed by atoms with E-state index in [0.29, 0.717) is 5.92 Å². The van der Waals surface area contributed by atoms with Crippen LogP contribution in [0.2, 0.25) is 0 Å². The van der Waals surface area contributed by atoms with Crippen molar-refractivity contribution in [3.63, 3.8) is 0 Å². The highest BCUT2D eigenvalue weighted by atomic mass is 16.5. The zero-order chi connectivity index (χ0) is 17.7. The summed E-state index contributed by atoms with van der Waals surface area (Å²) in [6, 6.07) is 0. The molecule has 0 aromatic carbocycles. The van der Waals surface area contributed by atoms with Crippen LogP contribution in [0.25, 0.3) is 22.2 Å². The Labute approximate surface area is 152 Å². The van der Waals surface area contributed by atoms with E-state index in [2.05, 4.69) is 28.7 Å². The molecule has 0 radical (unpaired) electrons. The van der Waals surface area contributed by atoms with E-state index < -0.39 is 0 Å². The Morgan fingerprint density at radius 2 is 1.92 bits per heavy atom. The molecule has 3 aromatic rings. The number of rotatable bonds is 3. The highest BCUT2D eigenvalue weighted by Crippen LogP contribution is 2.39. The molecule has 0 amide bonds. The van der Waals surface area contributed by atoms with E-state index in [-0.39, 0.29) is 0 Å². The topological polar surface area (TPSA) is 64.3 Å². The second-order valence-corrected chi connectivity index (χ2v) is 7.72. The average molecular weight is 352 g/mol. The molecular formula is C20H24N4O2. The molecule has 2 aliphatic rings. The summed E-state index contributed by atoms with van der Waals surface area (Å²) in [5.41, 5.74) is 6.45. The normalized spacial score (nSPS) is 17.6. The molecule has 6 nitrogen and oxygen atoms in total. The number of hydrogen-bond donors (Lipinski definition) is 0. The lowest BCUT2D eigenvalue weighted by Gasteiger charge is -2.27. The molecule has 5 rings (SSSR count). The first-order chi connectivity index (χ1) is 12.7. The summed E-state index contributed by atoms with van der Waals surface area (Å²) in [6.07, 6.45) is 6.05. The molecule has 0 atom stereocenters. The fourth-order valence-corrected chi connectivity index (χ4v) is 4.32. The van der Waals surface area contributed by atoms with Gasteiger partial charge in [0.1, 0.15) is 11.8 Å². The lowest BCUT2D eigenvalue weighted by atomic mass is 9.99. The Balaban J connectivity index is 1.74. The molecular weight excluding hydrogens is 328 g/mol. The zero-order valence-corrected chi connectivity index (χ0v) is 15.4. The number of nitrogens with zero attached hydrogens (tertiary/aromatic N) is 4. The van der Waals surface area contributed by atoms with Crippen LogP contribution in [0, 0.1) is 5.92 Å². The van der Waals surface area contributed by atoms with Crippen molar-refractivity contribution in [2.45, 2.75) is 39.5 Å². The minimum absolute atomic E-state index is 0.581. The van der Waals surface area contributed by atoms with Crippen LogP contribution in [0.5, 0.6) is 0 Å². The third-order valence-electron chi connectivity index (χ3n) is 5.45.